The van der Waals surface area contributed by atoms with Crippen molar-refractivity contribution in [2.24, 2.45) is 0 Å². The number of aryl methyl sites for hydroxylation is 1. The van der Waals surface area contributed by atoms with E-state index >= 15 is 0 Å². The topological polar surface area (TPSA) is 80.0 Å². The summed E-state index contributed by atoms with van der Waals surface area (Å²) in [7, 11) is 0. The second-order valence-electron chi connectivity index (χ2n) is 5.38. The molecular formula is C17H18N4O2S. The molecule has 0 aliphatic carbocycles. The summed E-state index contributed by atoms with van der Waals surface area (Å²) in [5.74, 6) is 0.839. The lowest BCUT2D eigenvalue weighted by molar-refractivity contribution is 0.252. The molecule has 0 aliphatic rings. The van der Waals surface area contributed by atoms with E-state index < -0.39 is 0 Å². The highest BCUT2D eigenvalue weighted by molar-refractivity contribution is 7.15. The standard InChI is InChI=1S/C17H18N4O2S/c1-12-4-2-5-13(10-12)11-15-20-21-17(24-15)19-16(22)18-8-7-14-6-3-9-23-14/h2-6,9-10H,7-8,11H2,1H3,(H2,18,19,21,22). The van der Waals surface area contributed by atoms with Gasteiger partial charge in [-0.3, -0.25) is 5.32 Å². The van der Waals surface area contributed by atoms with Gasteiger partial charge in [-0.15, -0.1) is 10.2 Å². The highest BCUT2D eigenvalue weighted by Gasteiger charge is 2.08. The van der Waals surface area contributed by atoms with Crippen LogP contribution in [-0.2, 0) is 12.8 Å². The molecule has 0 fully saturated rings. The van der Waals surface area contributed by atoms with Gasteiger partial charge in [-0.1, -0.05) is 41.2 Å². The lowest BCUT2D eigenvalue weighted by Gasteiger charge is -2.03. The molecule has 7 heteroatoms. The molecule has 2 N–H and O–H groups in total. The van der Waals surface area contributed by atoms with Crippen LogP contribution in [0, 0.1) is 6.92 Å². The third kappa shape index (κ3) is 4.66. The van der Waals surface area contributed by atoms with Crippen molar-refractivity contribution in [1.82, 2.24) is 15.5 Å². The number of carbonyl (C=O) groups excluding carboxylic acids is 1. The van der Waals surface area contributed by atoms with Crippen LogP contribution in [0.5, 0.6) is 0 Å². The maximum atomic E-state index is 11.8. The molecule has 0 atom stereocenters. The highest BCUT2D eigenvalue weighted by atomic mass is 32.1. The number of nitrogens with zero attached hydrogens (tertiary/aromatic N) is 2. The first-order valence-electron chi connectivity index (χ1n) is 7.64. The second-order valence-corrected chi connectivity index (χ2v) is 6.44. The number of rotatable bonds is 6. The Labute approximate surface area is 143 Å². The predicted octanol–water partition coefficient (Wildman–Crippen LogP) is 3.39. The number of aromatic nitrogens is 2. The Balaban J connectivity index is 1.47. The van der Waals surface area contributed by atoms with E-state index in [-0.39, 0.29) is 6.03 Å². The van der Waals surface area contributed by atoms with Crippen LogP contribution in [0.25, 0.3) is 0 Å². The molecule has 0 unspecified atom stereocenters. The number of nitrogens with one attached hydrogen (secondary N) is 2. The van der Waals surface area contributed by atoms with Crippen molar-refractivity contribution in [3.05, 3.63) is 64.6 Å². The molecule has 6 nitrogen and oxygen atoms in total. The summed E-state index contributed by atoms with van der Waals surface area (Å²) in [4.78, 5) is 11.8. The van der Waals surface area contributed by atoms with Gasteiger partial charge in [0.25, 0.3) is 0 Å². The van der Waals surface area contributed by atoms with E-state index in [4.69, 9.17) is 4.42 Å². The predicted molar refractivity (Wildman–Crippen MR) is 93.3 cm³/mol. The second kappa shape index (κ2) is 7.74. The minimum Gasteiger partial charge on any atom is -0.469 e. The Morgan fingerprint density at radius 1 is 1.25 bits per heavy atom. The van der Waals surface area contributed by atoms with Gasteiger partial charge in [0.2, 0.25) is 5.13 Å². The van der Waals surface area contributed by atoms with Gasteiger partial charge in [0.05, 0.1) is 6.26 Å². The van der Waals surface area contributed by atoms with Gasteiger partial charge in [-0.05, 0) is 24.6 Å². The Kier molecular flexibility index (Phi) is 5.22. The Morgan fingerprint density at radius 3 is 2.96 bits per heavy atom. The van der Waals surface area contributed by atoms with Crippen molar-refractivity contribution in [2.75, 3.05) is 11.9 Å². The van der Waals surface area contributed by atoms with Crippen LogP contribution in [0.15, 0.2) is 47.1 Å². The van der Waals surface area contributed by atoms with Gasteiger partial charge >= 0.3 is 6.03 Å². The van der Waals surface area contributed by atoms with Gasteiger partial charge in [-0.25, -0.2) is 4.79 Å². The van der Waals surface area contributed by atoms with Gasteiger partial charge in [0, 0.05) is 19.4 Å². The summed E-state index contributed by atoms with van der Waals surface area (Å²) in [6.07, 6.45) is 2.97. The first kappa shape index (κ1) is 16.2. The molecule has 0 saturated carbocycles. The zero-order valence-electron chi connectivity index (χ0n) is 13.3. The fraction of sp³-hybridized carbons (Fsp3) is 0.235. The molecule has 124 valence electrons. The molecule has 0 bridgehead atoms. The molecule has 1 aromatic carbocycles. The zero-order chi connectivity index (χ0) is 16.8. The van der Waals surface area contributed by atoms with Gasteiger partial charge in [0.15, 0.2) is 0 Å². The molecule has 24 heavy (non-hydrogen) atoms. The maximum absolute atomic E-state index is 11.8. The molecular weight excluding hydrogens is 324 g/mol. The van der Waals surface area contributed by atoms with E-state index in [1.807, 2.05) is 18.2 Å². The summed E-state index contributed by atoms with van der Waals surface area (Å²) in [5, 5.41) is 15.0. The lowest BCUT2D eigenvalue weighted by Crippen LogP contribution is -2.30. The third-order valence-electron chi connectivity index (χ3n) is 3.36. The number of anilines is 1. The van der Waals surface area contributed by atoms with E-state index in [0.29, 0.717) is 24.5 Å². The summed E-state index contributed by atoms with van der Waals surface area (Å²) >= 11 is 1.38. The van der Waals surface area contributed by atoms with Crippen molar-refractivity contribution in [1.29, 1.82) is 0 Å². The molecule has 2 amide bonds. The molecule has 0 radical (unpaired) electrons. The fourth-order valence-corrected chi connectivity index (χ4v) is 3.04. The molecule has 0 spiro atoms. The van der Waals surface area contributed by atoms with Gasteiger partial charge < -0.3 is 9.73 Å². The fourth-order valence-electron chi connectivity index (χ4n) is 2.27. The van der Waals surface area contributed by atoms with E-state index in [2.05, 4.69) is 46.0 Å². The molecule has 0 saturated heterocycles. The maximum Gasteiger partial charge on any atom is 0.321 e. The lowest BCUT2D eigenvalue weighted by atomic mass is 10.1. The number of urea groups is 1. The molecule has 2 heterocycles. The number of benzene rings is 1. The van der Waals surface area contributed by atoms with E-state index in [0.717, 1.165) is 10.8 Å². The van der Waals surface area contributed by atoms with Crippen LogP contribution in [0.1, 0.15) is 21.9 Å². The summed E-state index contributed by atoms with van der Waals surface area (Å²) in [6, 6.07) is 11.7. The minimum atomic E-state index is -0.292. The molecule has 2 aromatic heterocycles. The Bertz CT molecular complexity index is 799. The molecule has 0 aliphatic heterocycles. The van der Waals surface area contributed by atoms with Crippen molar-refractivity contribution >= 4 is 22.5 Å². The summed E-state index contributed by atoms with van der Waals surface area (Å²) in [6.45, 7) is 2.55. The van der Waals surface area contributed by atoms with Crippen molar-refractivity contribution in [3.8, 4) is 0 Å². The Hall–Kier alpha value is -2.67. The van der Waals surface area contributed by atoms with Crippen LogP contribution in [0.2, 0.25) is 0 Å². The SMILES string of the molecule is Cc1cccc(Cc2nnc(NC(=O)NCCc3ccco3)s2)c1. The summed E-state index contributed by atoms with van der Waals surface area (Å²) < 4.78 is 5.21. The highest BCUT2D eigenvalue weighted by Crippen LogP contribution is 2.18. The van der Waals surface area contributed by atoms with Crippen molar-refractivity contribution in [2.45, 2.75) is 19.8 Å². The zero-order valence-corrected chi connectivity index (χ0v) is 14.1. The number of hydrogen-bond donors (Lipinski definition) is 2. The monoisotopic (exact) mass is 342 g/mol. The van der Waals surface area contributed by atoms with Crippen LogP contribution in [0.4, 0.5) is 9.93 Å². The van der Waals surface area contributed by atoms with E-state index in [1.54, 1.807) is 6.26 Å². The van der Waals surface area contributed by atoms with Crippen LogP contribution < -0.4 is 10.6 Å². The van der Waals surface area contributed by atoms with Crippen LogP contribution in [-0.4, -0.2) is 22.8 Å². The van der Waals surface area contributed by atoms with Crippen molar-refractivity contribution in [3.63, 3.8) is 0 Å². The molecule has 3 aromatic rings. The number of carbonyl (C=O) groups is 1. The van der Waals surface area contributed by atoms with Gasteiger partial charge in [-0.2, -0.15) is 0 Å². The number of hydrogen-bond acceptors (Lipinski definition) is 5. The number of amides is 2. The molecule has 3 rings (SSSR count). The quantitative estimate of drug-likeness (QED) is 0.719. The smallest absolute Gasteiger partial charge is 0.321 e. The largest absolute Gasteiger partial charge is 0.469 e. The van der Waals surface area contributed by atoms with Gasteiger partial charge in [0.1, 0.15) is 10.8 Å². The minimum absolute atomic E-state index is 0.292. The van der Waals surface area contributed by atoms with Crippen LogP contribution >= 0.6 is 11.3 Å². The average Bonchev–Trinajstić information content (AvgIpc) is 3.20. The normalized spacial score (nSPS) is 10.5. The Morgan fingerprint density at radius 2 is 2.17 bits per heavy atom. The first-order valence-corrected chi connectivity index (χ1v) is 8.46. The third-order valence-corrected chi connectivity index (χ3v) is 4.20. The summed E-state index contributed by atoms with van der Waals surface area (Å²) in [5.41, 5.74) is 2.40. The number of furan rings is 1. The van der Waals surface area contributed by atoms with Crippen molar-refractivity contribution < 1.29 is 9.21 Å². The van der Waals surface area contributed by atoms with E-state index in [9.17, 15) is 4.79 Å². The average molecular weight is 342 g/mol. The van der Waals surface area contributed by atoms with Crippen LogP contribution in [0.3, 0.4) is 0 Å². The first-order chi connectivity index (χ1) is 11.7. The van der Waals surface area contributed by atoms with E-state index in [1.165, 1.54) is 22.5 Å².